The predicted octanol–water partition coefficient (Wildman–Crippen LogP) is 0.384. The van der Waals surface area contributed by atoms with Crippen LogP contribution in [0.2, 0.25) is 0 Å². The molecule has 0 aromatic rings. The Hall–Kier alpha value is -0.340. The molecule has 0 saturated carbocycles. The fraction of sp³-hybridized carbons (Fsp3) is 0.750. The lowest BCUT2D eigenvalue weighted by atomic mass is 10.2. The van der Waals surface area contributed by atoms with Crippen LogP contribution in [0.1, 0.15) is 6.92 Å². The first-order valence-corrected chi connectivity index (χ1v) is 3.84. The lowest BCUT2D eigenvalue weighted by molar-refractivity contribution is -0.906. The predicted molar refractivity (Wildman–Crippen MR) is 41.6 cm³/mol. The molecule has 0 amide bonds. The minimum absolute atomic E-state index is 0.223. The first kappa shape index (κ1) is 7.76. The van der Waals surface area contributed by atoms with Crippen LogP contribution in [-0.2, 0) is 0 Å². The van der Waals surface area contributed by atoms with E-state index in [1.165, 1.54) is 0 Å². The van der Waals surface area contributed by atoms with Crippen molar-refractivity contribution < 1.29 is 9.59 Å². The van der Waals surface area contributed by atoms with Crippen LogP contribution in [0.3, 0.4) is 0 Å². The minimum Gasteiger partial charge on any atom is -0.383 e. The highest BCUT2D eigenvalue weighted by Crippen LogP contribution is 2.09. The fourth-order valence-electron chi connectivity index (χ4n) is 1.32. The summed E-state index contributed by atoms with van der Waals surface area (Å²) in [4.78, 5) is 0. The van der Waals surface area contributed by atoms with Crippen molar-refractivity contribution in [2.24, 2.45) is 0 Å². The third kappa shape index (κ3) is 1.58. The molecule has 0 aromatic heterocycles. The van der Waals surface area contributed by atoms with Crippen molar-refractivity contribution in [1.29, 1.82) is 0 Å². The van der Waals surface area contributed by atoms with Crippen molar-refractivity contribution in [1.82, 2.24) is 0 Å². The Morgan fingerprint density at radius 3 is 2.80 bits per heavy atom. The molecular formula is C8H16NO+. The highest BCUT2D eigenvalue weighted by molar-refractivity contribution is 4.92. The molecule has 2 atom stereocenters. The van der Waals surface area contributed by atoms with Gasteiger partial charge in [0.05, 0.1) is 20.1 Å². The average Bonchev–Trinajstić information content (AvgIpc) is 1.88. The smallest absolute Gasteiger partial charge is 0.121 e. The van der Waals surface area contributed by atoms with Crippen LogP contribution in [0.5, 0.6) is 0 Å². The molecule has 0 bridgehead atoms. The highest BCUT2D eigenvalue weighted by Gasteiger charge is 2.24. The number of likely N-dealkylation sites (N-methyl/N-ethyl adjacent to an activating group) is 1. The normalized spacial score (nSPS) is 40.1. The van der Waals surface area contributed by atoms with Gasteiger partial charge in [0, 0.05) is 0 Å². The van der Waals surface area contributed by atoms with Gasteiger partial charge in [-0.15, -0.1) is 0 Å². The summed E-state index contributed by atoms with van der Waals surface area (Å²) in [5, 5.41) is 9.27. The second-order valence-corrected chi connectivity index (χ2v) is 3.30. The third-order valence-corrected chi connectivity index (χ3v) is 2.30. The van der Waals surface area contributed by atoms with E-state index in [1.54, 1.807) is 0 Å². The van der Waals surface area contributed by atoms with Crippen LogP contribution in [0, 0.1) is 0 Å². The number of quaternary nitrogens is 1. The number of rotatable bonds is 1. The zero-order valence-electron chi connectivity index (χ0n) is 6.75. The molecule has 1 N–H and O–H groups in total. The second-order valence-electron chi connectivity index (χ2n) is 3.30. The average molecular weight is 142 g/mol. The van der Waals surface area contributed by atoms with E-state index in [2.05, 4.69) is 20.0 Å². The molecular weight excluding hydrogens is 126 g/mol. The van der Waals surface area contributed by atoms with E-state index in [0.29, 0.717) is 0 Å². The maximum atomic E-state index is 9.27. The Morgan fingerprint density at radius 2 is 2.40 bits per heavy atom. The van der Waals surface area contributed by atoms with Gasteiger partial charge in [0.25, 0.3) is 0 Å². The van der Waals surface area contributed by atoms with E-state index < -0.39 is 0 Å². The summed E-state index contributed by atoms with van der Waals surface area (Å²) in [6.07, 6.45) is 3.73. The van der Waals surface area contributed by atoms with Crippen molar-refractivity contribution >= 4 is 0 Å². The summed E-state index contributed by atoms with van der Waals surface area (Å²) < 4.78 is 0.970. The molecule has 1 rings (SSSR count). The van der Waals surface area contributed by atoms with Crippen molar-refractivity contribution in [3.05, 3.63) is 12.2 Å². The summed E-state index contributed by atoms with van der Waals surface area (Å²) in [5.41, 5.74) is 0. The summed E-state index contributed by atoms with van der Waals surface area (Å²) >= 11 is 0. The number of aliphatic hydroxyl groups excluding tert-OH is 1. The molecule has 1 aliphatic heterocycles. The van der Waals surface area contributed by atoms with Gasteiger partial charge in [-0.1, -0.05) is 0 Å². The van der Waals surface area contributed by atoms with Crippen LogP contribution in [0.25, 0.3) is 0 Å². The van der Waals surface area contributed by atoms with Gasteiger partial charge < -0.3 is 9.59 Å². The van der Waals surface area contributed by atoms with E-state index in [0.717, 1.165) is 24.1 Å². The third-order valence-electron chi connectivity index (χ3n) is 2.30. The molecule has 1 aliphatic rings. The number of hydrogen-bond acceptors (Lipinski definition) is 1. The monoisotopic (exact) mass is 142 g/mol. The first-order valence-electron chi connectivity index (χ1n) is 3.84. The molecule has 0 fully saturated rings. The van der Waals surface area contributed by atoms with E-state index in [4.69, 9.17) is 0 Å². The zero-order valence-corrected chi connectivity index (χ0v) is 6.75. The first-order chi connectivity index (χ1) is 4.66. The molecule has 2 unspecified atom stereocenters. The Bertz CT molecular complexity index is 144. The van der Waals surface area contributed by atoms with E-state index in [9.17, 15) is 5.11 Å². The molecule has 1 heterocycles. The summed E-state index contributed by atoms with van der Waals surface area (Å²) in [6.45, 7) is 5.19. The van der Waals surface area contributed by atoms with Gasteiger partial charge in [-0.3, -0.25) is 0 Å². The zero-order chi connectivity index (χ0) is 7.61. The van der Waals surface area contributed by atoms with Crippen molar-refractivity contribution in [3.63, 3.8) is 0 Å². The van der Waals surface area contributed by atoms with Gasteiger partial charge in [0.1, 0.15) is 12.6 Å². The van der Waals surface area contributed by atoms with Crippen LogP contribution in [-0.4, -0.2) is 42.4 Å². The minimum atomic E-state index is -0.223. The molecule has 0 aromatic carbocycles. The van der Waals surface area contributed by atoms with Crippen LogP contribution in [0.15, 0.2) is 12.2 Å². The van der Waals surface area contributed by atoms with Gasteiger partial charge in [-0.2, -0.15) is 0 Å². The maximum Gasteiger partial charge on any atom is 0.121 e. The second kappa shape index (κ2) is 2.72. The Balaban J connectivity index is 2.58. The molecule has 0 saturated heterocycles. The van der Waals surface area contributed by atoms with E-state index >= 15 is 0 Å². The Morgan fingerprint density at radius 1 is 1.70 bits per heavy atom. The van der Waals surface area contributed by atoms with Crippen LogP contribution in [0.4, 0.5) is 0 Å². The van der Waals surface area contributed by atoms with Crippen LogP contribution < -0.4 is 0 Å². The van der Waals surface area contributed by atoms with E-state index in [-0.39, 0.29) is 6.10 Å². The van der Waals surface area contributed by atoms with E-state index in [1.807, 2.05) is 6.08 Å². The lowest BCUT2D eigenvalue weighted by Crippen LogP contribution is -2.50. The quantitative estimate of drug-likeness (QED) is 0.414. The summed E-state index contributed by atoms with van der Waals surface area (Å²) in [7, 11) is 2.17. The molecule has 58 valence electrons. The molecule has 0 spiro atoms. The Labute approximate surface area is 62.4 Å². The number of nitrogens with zero attached hydrogens (tertiary/aromatic N) is 1. The van der Waals surface area contributed by atoms with Crippen LogP contribution >= 0.6 is 0 Å². The molecule has 2 nitrogen and oxygen atoms in total. The van der Waals surface area contributed by atoms with Crippen molar-refractivity contribution in [2.45, 2.75) is 13.0 Å². The Kier molecular flexibility index (Phi) is 2.11. The van der Waals surface area contributed by atoms with Gasteiger partial charge in [0.2, 0.25) is 0 Å². The fourth-order valence-corrected chi connectivity index (χ4v) is 1.32. The topological polar surface area (TPSA) is 20.2 Å². The molecule has 0 aliphatic carbocycles. The number of aliphatic hydroxyl groups is 1. The molecule has 10 heavy (non-hydrogen) atoms. The van der Waals surface area contributed by atoms with Gasteiger partial charge in [0.15, 0.2) is 0 Å². The van der Waals surface area contributed by atoms with Crippen molar-refractivity contribution in [2.75, 3.05) is 26.7 Å². The SMILES string of the molecule is CC[N+]1(C)CC=CC(O)C1. The maximum absolute atomic E-state index is 9.27. The summed E-state index contributed by atoms with van der Waals surface area (Å²) in [6, 6.07) is 0. The van der Waals surface area contributed by atoms with Gasteiger partial charge in [-0.25, -0.2) is 0 Å². The number of hydrogen-bond donors (Lipinski definition) is 1. The summed E-state index contributed by atoms with van der Waals surface area (Å²) in [5.74, 6) is 0. The van der Waals surface area contributed by atoms with Crippen molar-refractivity contribution in [3.8, 4) is 0 Å². The molecule has 2 heteroatoms. The van der Waals surface area contributed by atoms with Gasteiger partial charge >= 0.3 is 0 Å². The molecule has 0 radical (unpaired) electrons. The largest absolute Gasteiger partial charge is 0.383 e. The highest BCUT2D eigenvalue weighted by atomic mass is 16.3. The standard InChI is InChI=1S/C8H16NO/c1-3-9(2)6-4-5-8(10)7-9/h4-5,8,10H,3,6-7H2,1-2H3/q+1. The van der Waals surface area contributed by atoms with Gasteiger partial charge in [-0.05, 0) is 19.1 Å². The lowest BCUT2D eigenvalue weighted by Gasteiger charge is -2.35.